The van der Waals surface area contributed by atoms with E-state index in [9.17, 15) is 4.79 Å². The molecule has 2 heterocycles. The topological polar surface area (TPSA) is 36.0 Å². The number of ether oxygens (including phenoxy) is 1. The van der Waals surface area contributed by atoms with Crippen LogP contribution in [0, 0.1) is 0 Å². The van der Waals surface area contributed by atoms with Gasteiger partial charge in [0.2, 0.25) is 0 Å². The van der Waals surface area contributed by atoms with E-state index in [1.54, 1.807) is 0 Å². The molecule has 2 aliphatic heterocycles. The summed E-state index contributed by atoms with van der Waals surface area (Å²) in [5.41, 5.74) is -0.0142. The molecule has 2 rings (SSSR count). The van der Waals surface area contributed by atoms with E-state index >= 15 is 0 Å². The van der Waals surface area contributed by atoms with Gasteiger partial charge in [0, 0.05) is 43.3 Å². The van der Waals surface area contributed by atoms with Gasteiger partial charge in [-0.3, -0.25) is 9.80 Å². The molecule has 0 saturated carbocycles. The van der Waals surface area contributed by atoms with E-state index in [4.69, 9.17) is 4.74 Å². The average molecular weight is 340 g/mol. The summed E-state index contributed by atoms with van der Waals surface area (Å²) >= 11 is 0. The fraction of sp³-hybridized carbons (Fsp3) is 0.947. The van der Waals surface area contributed by atoms with Crippen molar-refractivity contribution >= 4 is 6.09 Å². The molecule has 0 aromatic rings. The van der Waals surface area contributed by atoms with Gasteiger partial charge in [-0.1, -0.05) is 0 Å². The molecule has 0 aliphatic carbocycles. The van der Waals surface area contributed by atoms with E-state index in [2.05, 4.69) is 44.5 Å². The number of nitrogens with zero attached hydrogens (tertiary/aromatic N) is 3. The van der Waals surface area contributed by atoms with E-state index in [1.807, 2.05) is 25.7 Å². The van der Waals surface area contributed by atoms with Crippen LogP contribution in [0.25, 0.3) is 0 Å². The van der Waals surface area contributed by atoms with E-state index < -0.39 is 5.60 Å². The second-order valence-electron chi connectivity index (χ2n) is 9.75. The lowest BCUT2D eigenvalue weighted by molar-refractivity contribution is -0.0572. The van der Waals surface area contributed by atoms with Crippen molar-refractivity contribution in [1.82, 2.24) is 14.7 Å². The van der Waals surface area contributed by atoms with Crippen LogP contribution in [0.1, 0.15) is 61.3 Å². The van der Waals surface area contributed by atoms with Crippen LogP contribution in [0.4, 0.5) is 4.79 Å². The molecule has 0 N–H and O–H groups in total. The Hall–Kier alpha value is -0.810. The molecule has 5 heteroatoms. The highest BCUT2D eigenvalue weighted by atomic mass is 16.6. The number of piperazine rings is 1. The van der Waals surface area contributed by atoms with Crippen molar-refractivity contribution in [2.45, 2.75) is 84.0 Å². The highest BCUT2D eigenvalue weighted by Gasteiger charge is 2.45. The standard InChI is InChI=1S/C19H37N3O2/c1-17(2,3)24-16(23)22-11-9-21(10-12-22)15-13-18(4,5)20(8)19(6,7)14-15/h15H,9-14H2,1-8H3. The number of hydrogen-bond acceptors (Lipinski definition) is 4. The summed E-state index contributed by atoms with van der Waals surface area (Å²) < 4.78 is 5.50. The Labute approximate surface area is 148 Å². The van der Waals surface area contributed by atoms with Gasteiger partial charge in [-0.05, 0) is 68.4 Å². The maximum absolute atomic E-state index is 12.2. The fourth-order valence-corrected chi connectivity index (χ4v) is 4.17. The fourth-order valence-electron chi connectivity index (χ4n) is 4.17. The monoisotopic (exact) mass is 339 g/mol. The molecule has 0 bridgehead atoms. The van der Waals surface area contributed by atoms with Crippen LogP contribution in [0.5, 0.6) is 0 Å². The third-order valence-corrected chi connectivity index (χ3v) is 5.77. The smallest absolute Gasteiger partial charge is 0.410 e. The molecule has 2 fully saturated rings. The number of rotatable bonds is 1. The zero-order valence-electron chi connectivity index (χ0n) is 17.0. The number of likely N-dealkylation sites (tertiary alicyclic amines) is 1. The number of carbonyl (C=O) groups is 1. The Morgan fingerprint density at radius 3 is 1.83 bits per heavy atom. The molecule has 0 spiro atoms. The van der Waals surface area contributed by atoms with Crippen molar-refractivity contribution in [3.63, 3.8) is 0 Å². The van der Waals surface area contributed by atoms with Crippen LogP contribution in [-0.2, 0) is 4.74 Å². The zero-order chi connectivity index (χ0) is 18.3. The Balaban J connectivity index is 1.94. The van der Waals surface area contributed by atoms with Gasteiger partial charge < -0.3 is 9.64 Å². The summed E-state index contributed by atoms with van der Waals surface area (Å²) in [6.07, 6.45) is 2.19. The van der Waals surface area contributed by atoms with Crippen LogP contribution in [-0.4, -0.2) is 76.7 Å². The van der Waals surface area contributed by atoms with Crippen molar-refractivity contribution < 1.29 is 9.53 Å². The molecular weight excluding hydrogens is 302 g/mol. The predicted octanol–water partition coefficient (Wildman–Crippen LogP) is 3.19. The molecule has 24 heavy (non-hydrogen) atoms. The van der Waals surface area contributed by atoms with Gasteiger partial charge in [0.1, 0.15) is 5.60 Å². The summed E-state index contributed by atoms with van der Waals surface area (Å²) in [4.78, 5) is 19.2. The Morgan fingerprint density at radius 1 is 0.958 bits per heavy atom. The maximum atomic E-state index is 12.2. The third-order valence-electron chi connectivity index (χ3n) is 5.77. The molecule has 2 saturated heterocycles. The van der Waals surface area contributed by atoms with Gasteiger partial charge >= 0.3 is 6.09 Å². The summed E-state index contributed by atoms with van der Waals surface area (Å²) in [5, 5.41) is 0. The van der Waals surface area contributed by atoms with Crippen molar-refractivity contribution in [2.24, 2.45) is 0 Å². The maximum Gasteiger partial charge on any atom is 0.410 e. The molecule has 0 atom stereocenters. The SMILES string of the molecule is CN1C(C)(C)CC(N2CCN(C(=O)OC(C)(C)C)CC2)CC1(C)C. The minimum atomic E-state index is -0.420. The van der Waals surface area contributed by atoms with Gasteiger partial charge in [0.05, 0.1) is 0 Å². The summed E-state index contributed by atoms with van der Waals surface area (Å²) in [5.74, 6) is 0. The first-order chi connectivity index (χ1) is 10.8. The lowest BCUT2D eigenvalue weighted by Gasteiger charge is -2.56. The normalized spacial score (nSPS) is 26.4. The summed E-state index contributed by atoms with van der Waals surface area (Å²) in [6, 6.07) is 0.590. The van der Waals surface area contributed by atoms with Crippen molar-refractivity contribution in [1.29, 1.82) is 0 Å². The van der Waals surface area contributed by atoms with Gasteiger partial charge in [-0.2, -0.15) is 0 Å². The van der Waals surface area contributed by atoms with E-state index in [0.29, 0.717) is 6.04 Å². The Morgan fingerprint density at radius 2 is 1.42 bits per heavy atom. The van der Waals surface area contributed by atoms with Crippen molar-refractivity contribution in [3.05, 3.63) is 0 Å². The highest BCUT2D eigenvalue weighted by Crippen LogP contribution is 2.39. The van der Waals surface area contributed by atoms with Gasteiger partial charge in [-0.15, -0.1) is 0 Å². The third kappa shape index (κ3) is 4.42. The number of piperidine rings is 1. The van der Waals surface area contributed by atoms with Crippen LogP contribution in [0.2, 0.25) is 0 Å². The summed E-state index contributed by atoms with van der Waals surface area (Å²) in [7, 11) is 2.25. The number of carbonyl (C=O) groups excluding carboxylic acids is 1. The molecular formula is C19H37N3O2. The van der Waals surface area contributed by atoms with Crippen LogP contribution in [0.15, 0.2) is 0 Å². The Kier molecular flexibility index (Phi) is 5.27. The first-order valence-corrected chi connectivity index (χ1v) is 9.28. The molecule has 2 aliphatic rings. The second kappa shape index (κ2) is 6.49. The zero-order valence-corrected chi connectivity index (χ0v) is 17.0. The number of hydrogen-bond donors (Lipinski definition) is 0. The minimum Gasteiger partial charge on any atom is -0.444 e. The molecule has 1 amide bonds. The highest BCUT2D eigenvalue weighted by molar-refractivity contribution is 5.68. The molecule has 0 unspecified atom stereocenters. The minimum absolute atomic E-state index is 0.175. The first-order valence-electron chi connectivity index (χ1n) is 9.28. The van der Waals surface area contributed by atoms with Gasteiger partial charge in [-0.25, -0.2) is 4.79 Å². The molecule has 0 aromatic carbocycles. The molecule has 0 aromatic heterocycles. The molecule has 0 radical (unpaired) electrons. The van der Waals surface area contributed by atoms with Crippen LogP contribution in [0.3, 0.4) is 0 Å². The Bertz CT molecular complexity index is 442. The molecule has 140 valence electrons. The molecule has 5 nitrogen and oxygen atoms in total. The first kappa shape index (κ1) is 19.5. The average Bonchev–Trinajstić information content (AvgIpc) is 2.42. The van der Waals surface area contributed by atoms with E-state index in [1.165, 1.54) is 12.8 Å². The largest absolute Gasteiger partial charge is 0.444 e. The van der Waals surface area contributed by atoms with E-state index in [0.717, 1.165) is 26.2 Å². The van der Waals surface area contributed by atoms with Gasteiger partial charge in [0.25, 0.3) is 0 Å². The number of amides is 1. The van der Waals surface area contributed by atoms with Crippen LogP contribution >= 0.6 is 0 Å². The van der Waals surface area contributed by atoms with Gasteiger partial charge in [0.15, 0.2) is 0 Å². The lowest BCUT2D eigenvalue weighted by Crippen LogP contribution is -2.64. The quantitative estimate of drug-likeness (QED) is 0.735. The van der Waals surface area contributed by atoms with Crippen molar-refractivity contribution in [3.8, 4) is 0 Å². The second-order valence-corrected chi connectivity index (χ2v) is 9.75. The predicted molar refractivity (Wildman–Crippen MR) is 98.3 cm³/mol. The van der Waals surface area contributed by atoms with Crippen molar-refractivity contribution in [2.75, 3.05) is 33.2 Å². The van der Waals surface area contributed by atoms with Crippen LogP contribution < -0.4 is 0 Å². The lowest BCUT2D eigenvalue weighted by atomic mass is 9.77. The van der Waals surface area contributed by atoms with E-state index in [-0.39, 0.29) is 17.2 Å². The summed E-state index contributed by atoms with van der Waals surface area (Å²) in [6.45, 7) is 18.6.